The van der Waals surface area contributed by atoms with Crippen LogP contribution in [0.4, 0.5) is 0 Å². The van der Waals surface area contributed by atoms with E-state index in [9.17, 15) is 4.21 Å². The number of rotatable bonds is 2. The first-order valence-electron chi connectivity index (χ1n) is 5.76. The molecule has 0 radical (unpaired) electrons. The van der Waals surface area contributed by atoms with Crippen LogP contribution in [0.25, 0.3) is 0 Å². The van der Waals surface area contributed by atoms with Gasteiger partial charge in [0.2, 0.25) is 0 Å². The fourth-order valence-corrected chi connectivity index (χ4v) is 5.16. The van der Waals surface area contributed by atoms with Gasteiger partial charge in [0, 0.05) is 16.6 Å². The summed E-state index contributed by atoms with van der Waals surface area (Å²) in [6.07, 6.45) is 0.688. The second-order valence-electron chi connectivity index (χ2n) is 4.54. The van der Waals surface area contributed by atoms with E-state index in [1.54, 1.807) is 0 Å². The molecule has 2 nitrogen and oxygen atoms in total. The number of thiocyanates is 1. The van der Waals surface area contributed by atoms with Crippen molar-refractivity contribution < 1.29 is 4.21 Å². The van der Waals surface area contributed by atoms with E-state index in [1.807, 2.05) is 37.3 Å². The fourth-order valence-electron chi connectivity index (χ4n) is 2.16. The molecule has 1 aliphatic heterocycles. The first kappa shape index (κ1) is 13.4. The SMILES string of the molecule is CC1=C(C)C[C@](SC#N)(c2ccccc2)[S@](=O)C1. The third-order valence-corrected chi connectivity index (χ3v) is 6.79. The summed E-state index contributed by atoms with van der Waals surface area (Å²) < 4.78 is 12.0. The van der Waals surface area contributed by atoms with Gasteiger partial charge in [0.15, 0.2) is 0 Å². The Labute approximate surface area is 115 Å². The molecule has 18 heavy (non-hydrogen) atoms. The lowest BCUT2D eigenvalue weighted by atomic mass is 10.0. The Balaban J connectivity index is 2.53. The van der Waals surface area contributed by atoms with Crippen LogP contribution in [0.15, 0.2) is 41.5 Å². The number of allylic oxidation sites excluding steroid dienone is 1. The van der Waals surface area contributed by atoms with Crippen LogP contribution in [0.5, 0.6) is 0 Å². The molecular weight excluding hydrogens is 262 g/mol. The van der Waals surface area contributed by atoms with E-state index in [2.05, 4.69) is 12.3 Å². The van der Waals surface area contributed by atoms with Gasteiger partial charge in [-0.3, -0.25) is 4.21 Å². The van der Waals surface area contributed by atoms with Crippen molar-refractivity contribution in [3.63, 3.8) is 0 Å². The second kappa shape index (κ2) is 5.29. The summed E-state index contributed by atoms with van der Waals surface area (Å²) in [6.45, 7) is 4.10. The zero-order chi connectivity index (χ0) is 13.2. The Bertz CT molecular complexity index is 545. The van der Waals surface area contributed by atoms with E-state index in [0.29, 0.717) is 12.2 Å². The van der Waals surface area contributed by atoms with Crippen LogP contribution in [0.3, 0.4) is 0 Å². The lowest BCUT2D eigenvalue weighted by molar-refractivity contribution is 0.658. The van der Waals surface area contributed by atoms with Gasteiger partial charge in [-0.05, 0) is 37.6 Å². The molecule has 0 spiro atoms. The third kappa shape index (κ3) is 2.25. The summed E-state index contributed by atoms with van der Waals surface area (Å²) in [6, 6.07) is 9.75. The average molecular weight is 277 g/mol. The lowest BCUT2D eigenvalue weighted by Gasteiger charge is -2.35. The highest BCUT2D eigenvalue weighted by Crippen LogP contribution is 2.47. The van der Waals surface area contributed by atoms with Gasteiger partial charge in [-0.2, -0.15) is 5.26 Å². The minimum atomic E-state index is -1.06. The highest BCUT2D eigenvalue weighted by Gasteiger charge is 2.42. The maximum absolute atomic E-state index is 12.6. The summed E-state index contributed by atoms with van der Waals surface area (Å²) in [4.78, 5) is 0. The zero-order valence-electron chi connectivity index (χ0n) is 10.5. The zero-order valence-corrected chi connectivity index (χ0v) is 12.1. The van der Waals surface area contributed by atoms with Gasteiger partial charge in [-0.1, -0.05) is 41.5 Å². The molecular formula is C14H15NOS2. The predicted octanol–water partition coefficient (Wildman–Crippen LogP) is 3.54. The van der Waals surface area contributed by atoms with Crippen LogP contribution in [-0.2, 0) is 14.9 Å². The molecule has 0 N–H and O–H groups in total. The first-order valence-corrected chi connectivity index (χ1v) is 7.90. The van der Waals surface area contributed by atoms with Gasteiger partial charge in [0.05, 0.1) is 0 Å². The Morgan fingerprint density at radius 1 is 1.28 bits per heavy atom. The van der Waals surface area contributed by atoms with Crippen molar-refractivity contribution in [3.05, 3.63) is 47.0 Å². The van der Waals surface area contributed by atoms with E-state index in [0.717, 1.165) is 17.3 Å². The first-order chi connectivity index (χ1) is 8.60. The summed E-state index contributed by atoms with van der Waals surface area (Å²) in [5, 5.41) is 11.2. The maximum atomic E-state index is 12.6. The molecule has 0 aliphatic carbocycles. The van der Waals surface area contributed by atoms with Crippen molar-refractivity contribution in [1.29, 1.82) is 5.26 Å². The van der Waals surface area contributed by atoms with Crippen LogP contribution in [0.2, 0.25) is 0 Å². The Morgan fingerprint density at radius 3 is 2.56 bits per heavy atom. The van der Waals surface area contributed by atoms with Crippen LogP contribution in [-0.4, -0.2) is 9.96 Å². The summed E-state index contributed by atoms with van der Waals surface area (Å²) in [7, 11) is -1.06. The standard InChI is InChI=1S/C14H15NOS2/c1-11-8-14(17-10-15,18(16)9-12(11)2)13-6-4-3-5-7-13/h3-7H,8-9H2,1-2H3/t14-,18-/m1/s1. The highest BCUT2D eigenvalue weighted by molar-refractivity contribution is 8.14. The minimum Gasteiger partial charge on any atom is -0.257 e. The molecule has 1 aromatic carbocycles. The molecule has 94 valence electrons. The van der Waals surface area contributed by atoms with Gasteiger partial charge in [-0.15, -0.1) is 0 Å². The van der Waals surface area contributed by atoms with Crippen molar-refractivity contribution in [2.75, 3.05) is 5.75 Å². The van der Waals surface area contributed by atoms with Crippen LogP contribution >= 0.6 is 11.8 Å². The van der Waals surface area contributed by atoms with Gasteiger partial charge < -0.3 is 0 Å². The summed E-state index contributed by atoms with van der Waals surface area (Å²) >= 11 is 1.14. The number of hydrogen-bond donors (Lipinski definition) is 0. The largest absolute Gasteiger partial charge is 0.257 e. The van der Waals surface area contributed by atoms with Gasteiger partial charge in [-0.25, -0.2) is 0 Å². The molecule has 0 saturated carbocycles. The summed E-state index contributed by atoms with van der Waals surface area (Å²) in [5.41, 5.74) is 3.43. The smallest absolute Gasteiger partial charge is 0.135 e. The molecule has 0 bridgehead atoms. The molecule has 1 aromatic rings. The van der Waals surface area contributed by atoms with E-state index >= 15 is 0 Å². The van der Waals surface area contributed by atoms with Crippen LogP contribution in [0, 0.1) is 10.7 Å². The monoisotopic (exact) mass is 277 g/mol. The maximum Gasteiger partial charge on any atom is 0.135 e. The Kier molecular flexibility index (Phi) is 3.94. The van der Waals surface area contributed by atoms with Crippen molar-refractivity contribution >= 4 is 22.6 Å². The van der Waals surface area contributed by atoms with Crippen molar-refractivity contribution in [1.82, 2.24) is 0 Å². The fraction of sp³-hybridized carbons (Fsp3) is 0.357. The molecule has 0 saturated heterocycles. The van der Waals surface area contributed by atoms with Gasteiger partial charge in [0.25, 0.3) is 0 Å². The molecule has 1 heterocycles. The number of nitrogens with zero attached hydrogens (tertiary/aromatic N) is 1. The number of hydrogen-bond acceptors (Lipinski definition) is 3. The molecule has 0 fully saturated rings. The predicted molar refractivity (Wildman–Crippen MR) is 77.3 cm³/mol. The van der Waals surface area contributed by atoms with Crippen LogP contribution in [0.1, 0.15) is 25.8 Å². The van der Waals surface area contributed by atoms with E-state index in [-0.39, 0.29) is 0 Å². The van der Waals surface area contributed by atoms with Gasteiger partial charge in [0.1, 0.15) is 9.48 Å². The summed E-state index contributed by atoms with van der Waals surface area (Å²) in [5.74, 6) is 0.565. The van der Waals surface area contributed by atoms with Crippen molar-refractivity contribution in [2.24, 2.45) is 0 Å². The Hall–Kier alpha value is -1.05. The lowest BCUT2D eigenvalue weighted by Crippen LogP contribution is -2.33. The van der Waals surface area contributed by atoms with E-state index in [4.69, 9.17) is 5.26 Å². The molecule has 0 amide bonds. The molecule has 0 unspecified atom stereocenters. The third-order valence-electron chi connectivity index (χ3n) is 3.37. The van der Waals surface area contributed by atoms with Gasteiger partial charge >= 0.3 is 0 Å². The topological polar surface area (TPSA) is 40.9 Å². The molecule has 2 rings (SSSR count). The molecule has 0 aromatic heterocycles. The number of nitriles is 1. The quantitative estimate of drug-likeness (QED) is 0.613. The average Bonchev–Trinajstić information content (AvgIpc) is 2.37. The van der Waals surface area contributed by atoms with E-state index < -0.39 is 14.9 Å². The Morgan fingerprint density at radius 2 is 1.94 bits per heavy atom. The normalized spacial score (nSPS) is 27.9. The highest BCUT2D eigenvalue weighted by atomic mass is 32.2. The molecule has 1 aliphatic rings. The minimum absolute atomic E-state index is 0.565. The number of thioether (sulfide) groups is 1. The van der Waals surface area contributed by atoms with Crippen LogP contribution < -0.4 is 0 Å². The van der Waals surface area contributed by atoms with Crippen molar-refractivity contribution in [3.8, 4) is 5.40 Å². The van der Waals surface area contributed by atoms with Crippen molar-refractivity contribution in [2.45, 2.75) is 24.3 Å². The molecule has 2 atom stereocenters. The number of benzene rings is 1. The molecule has 4 heteroatoms. The van der Waals surface area contributed by atoms with E-state index in [1.165, 1.54) is 11.1 Å². The second-order valence-corrected chi connectivity index (χ2v) is 7.56.